The van der Waals surface area contributed by atoms with Crippen molar-refractivity contribution in [2.75, 3.05) is 18.4 Å². The molecule has 1 aliphatic heterocycles. The molecular weight excluding hydrogens is 282 g/mol. The summed E-state index contributed by atoms with van der Waals surface area (Å²) < 4.78 is 0. The van der Waals surface area contributed by atoms with Gasteiger partial charge in [-0.2, -0.15) is 0 Å². The van der Waals surface area contributed by atoms with Crippen LogP contribution in [0.2, 0.25) is 5.15 Å². The molecule has 0 radical (unpaired) electrons. The lowest BCUT2D eigenvalue weighted by molar-refractivity contribution is 0.155. The summed E-state index contributed by atoms with van der Waals surface area (Å²) in [5.41, 5.74) is 1.29. The molecule has 0 aromatic carbocycles. The first-order valence-electron chi connectivity index (χ1n) is 6.15. The van der Waals surface area contributed by atoms with Crippen molar-refractivity contribution in [2.24, 2.45) is 0 Å². The number of carboxylic acid groups (broad SMARTS) is 1. The number of nitrogens with zero attached hydrogens (tertiary/aromatic N) is 4. The third-order valence-electron chi connectivity index (χ3n) is 3.25. The van der Waals surface area contributed by atoms with Crippen molar-refractivity contribution in [3.05, 3.63) is 23.6 Å². The lowest BCUT2D eigenvalue weighted by Gasteiger charge is -2.15. The molecule has 2 aromatic rings. The summed E-state index contributed by atoms with van der Waals surface area (Å²) in [4.78, 5) is 24.8. The Kier molecular flexibility index (Phi) is 3.27. The second-order valence-electron chi connectivity index (χ2n) is 4.58. The van der Waals surface area contributed by atoms with Crippen LogP contribution < -0.4 is 5.32 Å². The van der Waals surface area contributed by atoms with Crippen LogP contribution >= 0.6 is 11.6 Å². The van der Waals surface area contributed by atoms with Crippen LogP contribution in [0.3, 0.4) is 0 Å². The quantitative estimate of drug-likeness (QED) is 0.821. The van der Waals surface area contributed by atoms with Gasteiger partial charge < -0.3 is 15.3 Å². The normalized spacial score (nSPS) is 18.4. The Morgan fingerprint density at radius 1 is 1.45 bits per heavy atom. The summed E-state index contributed by atoms with van der Waals surface area (Å²) in [7, 11) is 0. The molecule has 1 amide bonds. The standard InChI is InChI=1S/C12H12ClN5O2/c13-9-2-1-8-10(17-9)11(15-6-14-8)16-7-3-4-18(5-7)12(19)20/h1-2,6-7H,3-5H2,(H,19,20)(H,14,15,16). The van der Waals surface area contributed by atoms with E-state index < -0.39 is 6.09 Å². The summed E-state index contributed by atoms with van der Waals surface area (Å²) in [6, 6.07) is 3.46. The topological polar surface area (TPSA) is 91.2 Å². The molecule has 1 aliphatic rings. The lowest BCUT2D eigenvalue weighted by atomic mass is 10.2. The van der Waals surface area contributed by atoms with Gasteiger partial charge in [-0.25, -0.2) is 19.7 Å². The van der Waals surface area contributed by atoms with E-state index in [0.29, 0.717) is 35.1 Å². The zero-order valence-electron chi connectivity index (χ0n) is 10.5. The first-order chi connectivity index (χ1) is 9.63. The number of hydrogen-bond donors (Lipinski definition) is 2. The number of fused-ring (bicyclic) bond motifs is 1. The van der Waals surface area contributed by atoms with Crippen LogP contribution in [-0.2, 0) is 0 Å². The Balaban J connectivity index is 1.85. The number of likely N-dealkylation sites (tertiary alicyclic amines) is 1. The zero-order chi connectivity index (χ0) is 14.1. The van der Waals surface area contributed by atoms with E-state index in [2.05, 4.69) is 20.3 Å². The summed E-state index contributed by atoms with van der Waals surface area (Å²) in [5.74, 6) is 0.578. The van der Waals surface area contributed by atoms with Crippen LogP contribution in [0.25, 0.3) is 11.0 Å². The highest BCUT2D eigenvalue weighted by atomic mass is 35.5. The fourth-order valence-electron chi connectivity index (χ4n) is 2.27. The fourth-order valence-corrected chi connectivity index (χ4v) is 2.41. The van der Waals surface area contributed by atoms with Crippen molar-refractivity contribution in [2.45, 2.75) is 12.5 Å². The average Bonchev–Trinajstić information content (AvgIpc) is 2.88. The molecule has 1 saturated heterocycles. The number of halogens is 1. The van der Waals surface area contributed by atoms with E-state index in [1.165, 1.54) is 11.2 Å². The Hall–Kier alpha value is -2.15. The van der Waals surface area contributed by atoms with Gasteiger partial charge in [0.1, 0.15) is 17.0 Å². The van der Waals surface area contributed by atoms with E-state index >= 15 is 0 Å². The van der Waals surface area contributed by atoms with E-state index in [-0.39, 0.29) is 6.04 Å². The number of aromatic nitrogens is 3. The predicted octanol–water partition coefficient (Wildman–Crippen LogP) is 1.84. The molecule has 7 nitrogen and oxygen atoms in total. The molecule has 104 valence electrons. The van der Waals surface area contributed by atoms with Gasteiger partial charge in [-0.3, -0.25) is 0 Å². The molecule has 20 heavy (non-hydrogen) atoms. The van der Waals surface area contributed by atoms with E-state index in [1.54, 1.807) is 12.1 Å². The van der Waals surface area contributed by atoms with Gasteiger partial charge in [-0.1, -0.05) is 11.6 Å². The molecule has 1 atom stereocenters. The van der Waals surface area contributed by atoms with Gasteiger partial charge in [0.15, 0.2) is 5.82 Å². The van der Waals surface area contributed by atoms with E-state index in [1.807, 2.05) is 0 Å². The summed E-state index contributed by atoms with van der Waals surface area (Å²) in [6.07, 6.45) is 1.28. The Morgan fingerprint density at radius 3 is 3.05 bits per heavy atom. The molecular formula is C12H12ClN5O2. The smallest absolute Gasteiger partial charge is 0.407 e. The van der Waals surface area contributed by atoms with E-state index in [0.717, 1.165) is 6.42 Å². The maximum Gasteiger partial charge on any atom is 0.407 e. The van der Waals surface area contributed by atoms with E-state index in [4.69, 9.17) is 16.7 Å². The van der Waals surface area contributed by atoms with Crippen molar-refractivity contribution in [3.63, 3.8) is 0 Å². The number of anilines is 1. The number of pyridine rings is 1. The fraction of sp³-hybridized carbons (Fsp3) is 0.333. The second kappa shape index (κ2) is 5.09. The molecule has 0 spiro atoms. The van der Waals surface area contributed by atoms with Gasteiger partial charge in [0.2, 0.25) is 0 Å². The number of hydrogen-bond acceptors (Lipinski definition) is 5. The van der Waals surface area contributed by atoms with Crippen molar-refractivity contribution >= 4 is 34.5 Å². The van der Waals surface area contributed by atoms with Gasteiger partial charge in [-0.15, -0.1) is 0 Å². The molecule has 1 unspecified atom stereocenters. The van der Waals surface area contributed by atoms with Crippen LogP contribution in [0.5, 0.6) is 0 Å². The molecule has 0 saturated carbocycles. The monoisotopic (exact) mass is 293 g/mol. The molecule has 0 aliphatic carbocycles. The molecule has 8 heteroatoms. The Labute approximate surface area is 119 Å². The van der Waals surface area contributed by atoms with Crippen molar-refractivity contribution in [3.8, 4) is 0 Å². The minimum Gasteiger partial charge on any atom is -0.465 e. The van der Waals surface area contributed by atoms with Crippen molar-refractivity contribution < 1.29 is 9.90 Å². The molecule has 2 aromatic heterocycles. The van der Waals surface area contributed by atoms with Gasteiger partial charge in [-0.05, 0) is 18.6 Å². The number of amides is 1. The van der Waals surface area contributed by atoms with Gasteiger partial charge >= 0.3 is 6.09 Å². The molecule has 0 bridgehead atoms. The highest BCUT2D eigenvalue weighted by molar-refractivity contribution is 6.29. The summed E-state index contributed by atoms with van der Waals surface area (Å²) in [6.45, 7) is 0.950. The molecule has 1 fully saturated rings. The summed E-state index contributed by atoms with van der Waals surface area (Å²) in [5, 5.41) is 12.5. The third kappa shape index (κ3) is 2.44. The first-order valence-corrected chi connectivity index (χ1v) is 6.53. The lowest BCUT2D eigenvalue weighted by Crippen LogP contribution is -2.30. The van der Waals surface area contributed by atoms with E-state index in [9.17, 15) is 4.79 Å². The SMILES string of the molecule is O=C(O)N1CCC(Nc2ncnc3ccc(Cl)nc23)C1. The van der Waals surface area contributed by atoms with Crippen LogP contribution in [-0.4, -0.2) is 50.2 Å². The van der Waals surface area contributed by atoms with Gasteiger partial charge in [0.25, 0.3) is 0 Å². The Bertz CT molecular complexity index is 665. The number of rotatable bonds is 2. The minimum atomic E-state index is -0.900. The van der Waals surface area contributed by atoms with Gasteiger partial charge in [0, 0.05) is 19.1 Å². The predicted molar refractivity (Wildman–Crippen MR) is 74.0 cm³/mol. The minimum absolute atomic E-state index is 0.0185. The number of nitrogens with one attached hydrogen (secondary N) is 1. The maximum absolute atomic E-state index is 10.9. The highest BCUT2D eigenvalue weighted by Gasteiger charge is 2.26. The average molecular weight is 294 g/mol. The third-order valence-corrected chi connectivity index (χ3v) is 3.46. The van der Waals surface area contributed by atoms with Crippen LogP contribution in [0.4, 0.5) is 10.6 Å². The highest BCUT2D eigenvalue weighted by Crippen LogP contribution is 2.22. The maximum atomic E-state index is 10.9. The largest absolute Gasteiger partial charge is 0.465 e. The molecule has 2 N–H and O–H groups in total. The molecule has 3 rings (SSSR count). The summed E-state index contributed by atoms with van der Waals surface area (Å²) >= 11 is 5.89. The van der Waals surface area contributed by atoms with Crippen LogP contribution in [0, 0.1) is 0 Å². The van der Waals surface area contributed by atoms with Crippen molar-refractivity contribution in [1.82, 2.24) is 19.9 Å². The number of carbonyl (C=O) groups is 1. The zero-order valence-corrected chi connectivity index (χ0v) is 11.2. The second-order valence-corrected chi connectivity index (χ2v) is 4.97. The first kappa shape index (κ1) is 12.9. The van der Waals surface area contributed by atoms with Crippen molar-refractivity contribution in [1.29, 1.82) is 0 Å². The molecule has 3 heterocycles. The van der Waals surface area contributed by atoms with Crippen LogP contribution in [0.15, 0.2) is 18.5 Å². The Morgan fingerprint density at radius 2 is 2.30 bits per heavy atom. The van der Waals surface area contributed by atoms with Crippen LogP contribution in [0.1, 0.15) is 6.42 Å². The van der Waals surface area contributed by atoms with Gasteiger partial charge in [0.05, 0.1) is 5.52 Å².